The van der Waals surface area contributed by atoms with Gasteiger partial charge < -0.3 is 0 Å². The first-order valence-electron chi connectivity index (χ1n) is 8.69. The van der Waals surface area contributed by atoms with Crippen LogP contribution in [0.3, 0.4) is 0 Å². The Morgan fingerprint density at radius 1 is 1.12 bits per heavy atom. The lowest BCUT2D eigenvalue weighted by molar-refractivity contribution is 0.638. The first kappa shape index (κ1) is 17.9. The number of hydrogen-bond donors (Lipinski definition) is 0. The monoisotopic (exact) mass is 356 g/mol. The summed E-state index contributed by atoms with van der Waals surface area (Å²) in [5.41, 5.74) is 0.996. The molecule has 1 aliphatic heterocycles. The van der Waals surface area contributed by atoms with Crippen molar-refractivity contribution in [3.8, 4) is 0 Å². The van der Waals surface area contributed by atoms with Crippen LogP contribution < -0.4 is 16.3 Å². The summed E-state index contributed by atoms with van der Waals surface area (Å²) >= 11 is 0. The van der Waals surface area contributed by atoms with Crippen LogP contribution in [0.5, 0.6) is 0 Å². The molecule has 138 valence electrons. The van der Waals surface area contributed by atoms with Gasteiger partial charge in [0.1, 0.15) is 0 Å². The van der Waals surface area contributed by atoms with E-state index in [2.05, 4.69) is 10.1 Å². The van der Waals surface area contributed by atoms with Gasteiger partial charge in [-0.15, -0.1) is 0 Å². The summed E-state index contributed by atoms with van der Waals surface area (Å²) in [7, 11) is 1.64. The zero-order chi connectivity index (χ0) is 19.0. The normalized spacial score (nSPS) is 17.5. The predicted octanol–water partition coefficient (Wildman–Crippen LogP) is 1.81. The van der Waals surface area contributed by atoms with E-state index in [0.29, 0.717) is 23.7 Å². The van der Waals surface area contributed by atoms with Crippen LogP contribution in [0.15, 0.2) is 39.0 Å². The summed E-state index contributed by atoms with van der Waals surface area (Å²) < 4.78 is 4.55. The maximum absolute atomic E-state index is 13.1. The maximum Gasteiger partial charge on any atom is 0.332 e. The zero-order valence-electron chi connectivity index (χ0n) is 15.8. The molecule has 0 unspecified atom stereocenters. The number of fused-ring (bicyclic) bond motifs is 3. The number of nitrogens with zero attached hydrogens (tertiary/aromatic N) is 6. The van der Waals surface area contributed by atoms with Crippen LogP contribution in [-0.2, 0) is 13.6 Å². The molecule has 8 heteroatoms. The molecule has 0 bridgehead atoms. The summed E-state index contributed by atoms with van der Waals surface area (Å²) in [4.78, 5) is 30.3. The van der Waals surface area contributed by atoms with Gasteiger partial charge in [-0.25, -0.2) is 9.80 Å². The molecule has 0 spiro atoms. The molecule has 0 fully saturated rings. The topological polar surface area (TPSA) is 77.4 Å². The molecular formula is C18H24N6O2. The van der Waals surface area contributed by atoms with Crippen LogP contribution in [0.1, 0.15) is 33.7 Å². The van der Waals surface area contributed by atoms with Crippen molar-refractivity contribution in [2.45, 2.75) is 40.3 Å². The molecule has 1 atom stereocenters. The van der Waals surface area contributed by atoms with Crippen LogP contribution in [0.4, 0.5) is 5.95 Å². The molecule has 3 heterocycles. The SMILES string of the molecule is C/C=C/CN1N=C(C)[C@H](C)n2c1nc1c2c(=O)n(C/C=C/C)c(=O)n1C. The highest BCUT2D eigenvalue weighted by atomic mass is 16.2. The number of aromatic nitrogens is 4. The first-order valence-corrected chi connectivity index (χ1v) is 8.69. The van der Waals surface area contributed by atoms with Gasteiger partial charge in [-0.2, -0.15) is 10.1 Å². The summed E-state index contributed by atoms with van der Waals surface area (Å²) in [5, 5.41) is 6.36. The van der Waals surface area contributed by atoms with Gasteiger partial charge in [-0.1, -0.05) is 24.3 Å². The van der Waals surface area contributed by atoms with Crippen LogP contribution >= 0.6 is 0 Å². The standard InChI is InChI=1S/C18H24N6O2/c1-6-8-10-22-16(25)14-15(21(5)18(22)26)19-17-23(11-9-7-2)20-12(3)13(4)24(14)17/h6-9,13H,10-11H2,1-5H3/b8-6+,9-7+/t13-/m0/s1. The van der Waals surface area contributed by atoms with Gasteiger partial charge in [0, 0.05) is 13.6 Å². The third-order valence-corrected chi connectivity index (χ3v) is 4.70. The lowest BCUT2D eigenvalue weighted by atomic mass is 10.2. The number of imidazole rings is 1. The number of hydrogen-bond acceptors (Lipinski definition) is 5. The van der Waals surface area contributed by atoms with Crippen molar-refractivity contribution >= 4 is 22.8 Å². The van der Waals surface area contributed by atoms with Gasteiger partial charge in [0.05, 0.1) is 18.3 Å². The van der Waals surface area contributed by atoms with Gasteiger partial charge in [0.2, 0.25) is 5.95 Å². The van der Waals surface area contributed by atoms with Gasteiger partial charge in [0.25, 0.3) is 5.56 Å². The molecule has 2 aromatic heterocycles. The van der Waals surface area contributed by atoms with Gasteiger partial charge in [-0.05, 0) is 27.7 Å². The predicted molar refractivity (Wildman–Crippen MR) is 104 cm³/mol. The molecule has 26 heavy (non-hydrogen) atoms. The van der Waals surface area contributed by atoms with Crippen LogP contribution in [0, 0.1) is 0 Å². The van der Waals surface area contributed by atoms with E-state index in [1.165, 1.54) is 9.13 Å². The van der Waals surface area contributed by atoms with E-state index in [0.717, 1.165) is 5.71 Å². The van der Waals surface area contributed by atoms with Crippen LogP contribution in [0.2, 0.25) is 0 Å². The molecule has 1 aliphatic rings. The molecule has 0 radical (unpaired) electrons. The number of allylic oxidation sites excluding steroid dienone is 3. The molecule has 3 rings (SSSR count). The van der Waals surface area contributed by atoms with E-state index >= 15 is 0 Å². The first-order chi connectivity index (χ1) is 12.4. The summed E-state index contributed by atoms with van der Waals surface area (Å²) in [6, 6.07) is -0.114. The van der Waals surface area contributed by atoms with Crippen molar-refractivity contribution in [3.63, 3.8) is 0 Å². The minimum atomic E-state index is -0.374. The van der Waals surface area contributed by atoms with Gasteiger partial charge in [-0.3, -0.25) is 18.5 Å². The highest BCUT2D eigenvalue weighted by Crippen LogP contribution is 2.29. The van der Waals surface area contributed by atoms with Gasteiger partial charge in [0.15, 0.2) is 11.2 Å². The smallest absolute Gasteiger partial charge is 0.294 e. The number of aryl methyl sites for hydroxylation is 1. The lowest BCUT2D eigenvalue weighted by Gasteiger charge is -2.28. The Labute approximate surface area is 151 Å². The molecule has 0 saturated heterocycles. The van der Waals surface area contributed by atoms with Gasteiger partial charge >= 0.3 is 5.69 Å². The minimum Gasteiger partial charge on any atom is -0.294 e. The second kappa shape index (κ2) is 6.78. The summed E-state index contributed by atoms with van der Waals surface area (Å²) in [6.45, 7) is 8.50. The molecule has 0 aromatic carbocycles. The quantitative estimate of drug-likeness (QED) is 0.783. The average molecular weight is 356 g/mol. The number of rotatable bonds is 4. The maximum atomic E-state index is 13.1. The summed E-state index contributed by atoms with van der Waals surface area (Å²) in [5.74, 6) is 0.576. The zero-order valence-corrected chi connectivity index (χ0v) is 15.8. The van der Waals surface area contributed by atoms with E-state index in [-0.39, 0.29) is 23.8 Å². The van der Waals surface area contributed by atoms with Crippen LogP contribution in [-0.4, -0.2) is 30.9 Å². The second-order valence-corrected chi connectivity index (χ2v) is 6.35. The highest BCUT2D eigenvalue weighted by molar-refractivity contribution is 5.91. The van der Waals surface area contributed by atoms with Crippen LogP contribution in [0.25, 0.3) is 11.2 Å². The highest BCUT2D eigenvalue weighted by Gasteiger charge is 2.30. The number of hydrazone groups is 1. The van der Waals surface area contributed by atoms with Crippen molar-refractivity contribution in [2.24, 2.45) is 12.1 Å². The third kappa shape index (κ3) is 2.61. The van der Waals surface area contributed by atoms with Crippen molar-refractivity contribution in [2.75, 3.05) is 11.6 Å². The molecule has 0 amide bonds. The molecule has 8 nitrogen and oxygen atoms in total. The van der Waals surface area contributed by atoms with Crippen molar-refractivity contribution in [3.05, 3.63) is 45.1 Å². The molecule has 0 N–H and O–H groups in total. The van der Waals surface area contributed by atoms with Crippen molar-refractivity contribution in [1.82, 2.24) is 18.7 Å². The Kier molecular flexibility index (Phi) is 4.67. The fourth-order valence-electron chi connectivity index (χ4n) is 3.08. The van der Waals surface area contributed by atoms with Crippen molar-refractivity contribution in [1.29, 1.82) is 0 Å². The van der Waals surface area contributed by atoms with E-state index < -0.39 is 0 Å². The fraction of sp³-hybridized carbons (Fsp3) is 0.444. The van der Waals surface area contributed by atoms with E-state index in [9.17, 15) is 9.59 Å². The molecule has 0 aliphatic carbocycles. The molecule has 0 saturated carbocycles. The Morgan fingerprint density at radius 3 is 2.42 bits per heavy atom. The average Bonchev–Trinajstić information content (AvgIpc) is 3.03. The largest absolute Gasteiger partial charge is 0.332 e. The number of anilines is 1. The van der Waals surface area contributed by atoms with E-state index in [4.69, 9.17) is 0 Å². The molecular weight excluding hydrogens is 332 g/mol. The third-order valence-electron chi connectivity index (χ3n) is 4.70. The Bertz CT molecular complexity index is 1050. The summed E-state index contributed by atoms with van der Waals surface area (Å²) in [6.07, 6.45) is 7.52. The Morgan fingerprint density at radius 2 is 1.77 bits per heavy atom. The van der Waals surface area contributed by atoms with Crippen molar-refractivity contribution < 1.29 is 0 Å². The minimum absolute atomic E-state index is 0.114. The molecule has 2 aromatic rings. The Balaban J connectivity index is 2.36. The van der Waals surface area contributed by atoms with E-state index in [1.807, 2.05) is 50.5 Å². The fourth-order valence-corrected chi connectivity index (χ4v) is 3.08. The van der Waals surface area contributed by atoms with E-state index in [1.54, 1.807) is 18.1 Å². The second-order valence-electron chi connectivity index (χ2n) is 6.35. The lowest BCUT2D eigenvalue weighted by Crippen LogP contribution is -2.40. The Hall–Kier alpha value is -2.90.